The van der Waals surface area contributed by atoms with E-state index in [1.807, 2.05) is 0 Å². The third-order valence-corrected chi connectivity index (χ3v) is 14.5. The van der Waals surface area contributed by atoms with Gasteiger partial charge in [-0.1, -0.05) is 85.7 Å². The van der Waals surface area contributed by atoms with Crippen molar-refractivity contribution in [1.29, 1.82) is 0 Å². The van der Waals surface area contributed by atoms with Crippen molar-refractivity contribution in [3.8, 4) is 0 Å². The minimum absolute atomic E-state index is 0.0642. The predicted molar refractivity (Wildman–Crippen MR) is 135 cm³/mol. The van der Waals surface area contributed by atoms with Crippen molar-refractivity contribution >= 4 is 31.9 Å². The van der Waals surface area contributed by atoms with Gasteiger partial charge in [-0.2, -0.15) is 0 Å². The van der Waals surface area contributed by atoms with Crippen molar-refractivity contribution in [3.05, 3.63) is 0 Å². The van der Waals surface area contributed by atoms with Gasteiger partial charge in [-0.3, -0.25) is 0 Å². The number of hydrogen-bond donors (Lipinski definition) is 1. The minimum atomic E-state index is -0.134. The van der Waals surface area contributed by atoms with Crippen LogP contribution in [0, 0.1) is 46.3 Å². The van der Waals surface area contributed by atoms with Crippen LogP contribution in [-0.4, -0.2) is 20.4 Å². The number of aliphatic hydroxyl groups is 1. The normalized spacial score (nSPS) is 51.9. The second-order valence-electron chi connectivity index (χ2n) is 12.8. The molecule has 0 bridgehead atoms. The third kappa shape index (κ3) is 3.71. The standard InChI is InChI=1S/C27H46Br2O/c1-17(2)7-6-8-18(3)21-9-10-22-20-15-24(28)27(29)16-19(30)11-14-26(27,5)23(20)12-13-25(21,22)4/h17-24,30H,6-16H2,1-5H3/t18-,19+,20-,21-,22+,23+,24-,25-,26+,27-/m0/s1. The Hall–Kier alpha value is 0.920. The third-order valence-electron chi connectivity index (χ3n) is 10.9. The first kappa shape index (κ1) is 24.1. The van der Waals surface area contributed by atoms with Crippen molar-refractivity contribution in [2.75, 3.05) is 0 Å². The largest absolute Gasteiger partial charge is 0.393 e. The second kappa shape index (κ2) is 8.61. The zero-order chi connectivity index (χ0) is 21.9. The maximum atomic E-state index is 10.5. The maximum Gasteiger partial charge on any atom is 0.0554 e. The average molecular weight is 546 g/mol. The highest BCUT2D eigenvalue weighted by atomic mass is 79.9. The van der Waals surface area contributed by atoms with E-state index in [2.05, 4.69) is 66.5 Å². The molecule has 0 radical (unpaired) electrons. The lowest BCUT2D eigenvalue weighted by Gasteiger charge is -2.65. The van der Waals surface area contributed by atoms with Gasteiger partial charge in [0.05, 0.1) is 6.10 Å². The summed E-state index contributed by atoms with van der Waals surface area (Å²) in [7, 11) is 0. The van der Waals surface area contributed by atoms with Crippen LogP contribution in [0.25, 0.3) is 0 Å². The van der Waals surface area contributed by atoms with Crippen LogP contribution in [0.1, 0.15) is 105 Å². The molecule has 4 fully saturated rings. The Kier molecular flexibility index (Phi) is 6.90. The average Bonchev–Trinajstić information content (AvgIpc) is 3.01. The molecule has 0 aromatic carbocycles. The second-order valence-corrected chi connectivity index (χ2v) is 15.3. The van der Waals surface area contributed by atoms with E-state index in [-0.39, 0.29) is 10.4 Å². The Balaban J connectivity index is 1.53. The molecule has 4 aliphatic carbocycles. The maximum absolute atomic E-state index is 10.5. The van der Waals surface area contributed by atoms with Crippen LogP contribution in [0.15, 0.2) is 0 Å². The molecule has 0 spiro atoms. The summed E-state index contributed by atoms with van der Waals surface area (Å²) in [6.07, 6.45) is 14.3. The molecule has 4 saturated carbocycles. The van der Waals surface area contributed by atoms with E-state index in [0.717, 1.165) is 48.3 Å². The van der Waals surface area contributed by atoms with E-state index in [1.54, 1.807) is 0 Å². The van der Waals surface area contributed by atoms with E-state index in [0.29, 0.717) is 15.7 Å². The summed E-state index contributed by atoms with van der Waals surface area (Å²) in [6, 6.07) is 0. The molecule has 0 heterocycles. The molecular formula is C27H46Br2O. The van der Waals surface area contributed by atoms with Crippen molar-refractivity contribution < 1.29 is 5.11 Å². The van der Waals surface area contributed by atoms with Crippen LogP contribution in [0.4, 0.5) is 0 Å². The summed E-state index contributed by atoms with van der Waals surface area (Å²) >= 11 is 8.41. The number of fused-ring (bicyclic) bond motifs is 5. The lowest BCUT2D eigenvalue weighted by atomic mass is 9.44. The predicted octanol–water partition coefficient (Wildman–Crippen LogP) is 8.36. The fraction of sp³-hybridized carbons (Fsp3) is 1.00. The van der Waals surface area contributed by atoms with Gasteiger partial charge in [-0.15, -0.1) is 0 Å². The van der Waals surface area contributed by atoms with Gasteiger partial charge < -0.3 is 5.11 Å². The molecule has 4 aliphatic rings. The first-order valence-electron chi connectivity index (χ1n) is 13.0. The molecule has 30 heavy (non-hydrogen) atoms. The summed E-state index contributed by atoms with van der Waals surface area (Å²) in [6.45, 7) is 12.6. The van der Waals surface area contributed by atoms with Crippen LogP contribution in [0.3, 0.4) is 0 Å². The molecule has 0 amide bonds. The Labute approximate surface area is 203 Å². The smallest absolute Gasteiger partial charge is 0.0554 e. The summed E-state index contributed by atoms with van der Waals surface area (Å²) in [5.74, 6) is 5.26. The molecule has 1 nitrogen and oxygen atoms in total. The lowest BCUT2D eigenvalue weighted by molar-refractivity contribution is -0.111. The Bertz CT molecular complexity index is 622. The summed E-state index contributed by atoms with van der Waals surface area (Å²) in [4.78, 5) is 0.482. The number of alkyl halides is 2. The van der Waals surface area contributed by atoms with Gasteiger partial charge in [0.1, 0.15) is 0 Å². The fourth-order valence-corrected chi connectivity index (χ4v) is 11.4. The number of aliphatic hydroxyl groups excluding tert-OH is 1. The Morgan fingerprint density at radius 1 is 0.967 bits per heavy atom. The highest BCUT2D eigenvalue weighted by molar-refractivity contribution is 9.12. The van der Waals surface area contributed by atoms with Crippen molar-refractivity contribution in [2.45, 2.75) is 121 Å². The van der Waals surface area contributed by atoms with Crippen molar-refractivity contribution in [2.24, 2.45) is 46.3 Å². The first-order valence-corrected chi connectivity index (χ1v) is 14.7. The van der Waals surface area contributed by atoms with Gasteiger partial charge in [0.25, 0.3) is 0 Å². The molecule has 0 saturated heterocycles. The molecule has 0 aliphatic heterocycles. The molecule has 10 atom stereocenters. The van der Waals surface area contributed by atoms with E-state index in [4.69, 9.17) is 0 Å². The highest BCUT2D eigenvalue weighted by Gasteiger charge is 2.66. The zero-order valence-corrected chi connectivity index (χ0v) is 23.3. The monoisotopic (exact) mass is 544 g/mol. The molecule has 0 aromatic rings. The van der Waals surface area contributed by atoms with Gasteiger partial charge >= 0.3 is 0 Å². The molecule has 0 unspecified atom stereocenters. The first-order chi connectivity index (χ1) is 14.0. The summed E-state index contributed by atoms with van der Waals surface area (Å²) in [5, 5.41) is 10.5. The van der Waals surface area contributed by atoms with Gasteiger partial charge in [-0.05, 0) is 97.7 Å². The Morgan fingerprint density at radius 3 is 2.40 bits per heavy atom. The molecule has 1 N–H and O–H groups in total. The van der Waals surface area contributed by atoms with Gasteiger partial charge in [0.15, 0.2) is 0 Å². The number of hydrogen-bond acceptors (Lipinski definition) is 1. The lowest BCUT2D eigenvalue weighted by Crippen LogP contribution is -2.64. The topological polar surface area (TPSA) is 20.2 Å². The summed E-state index contributed by atoms with van der Waals surface area (Å²) < 4.78 is 0.0642. The highest BCUT2D eigenvalue weighted by Crippen LogP contribution is 2.71. The number of halogens is 2. The van der Waals surface area contributed by atoms with Gasteiger partial charge in [0, 0.05) is 9.15 Å². The fourth-order valence-electron chi connectivity index (χ4n) is 9.19. The van der Waals surface area contributed by atoms with Gasteiger partial charge in [-0.25, -0.2) is 0 Å². The molecule has 0 aromatic heterocycles. The van der Waals surface area contributed by atoms with Crippen LogP contribution in [-0.2, 0) is 0 Å². The molecule has 4 rings (SSSR count). The van der Waals surface area contributed by atoms with Crippen LogP contribution < -0.4 is 0 Å². The van der Waals surface area contributed by atoms with E-state index in [1.165, 1.54) is 57.8 Å². The zero-order valence-electron chi connectivity index (χ0n) is 20.1. The molecule has 174 valence electrons. The van der Waals surface area contributed by atoms with E-state index in [9.17, 15) is 5.11 Å². The van der Waals surface area contributed by atoms with E-state index >= 15 is 0 Å². The minimum Gasteiger partial charge on any atom is -0.393 e. The van der Waals surface area contributed by atoms with Crippen molar-refractivity contribution in [1.82, 2.24) is 0 Å². The quantitative estimate of drug-likeness (QED) is 0.344. The van der Waals surface area contributed by atoms with Gasteiger partial charge in [0.2, 0.25) is 0 Å². The summed E-state index contributed by atoms with van der Waals surface area (Å²) in [5.41, 5.74) is 0.869. The Morgan fingerprint density at radius 2 is 1.70 bits per heavy atom. The van der Waals surface area contributed by atoms with Crippen LogP contribution in [0.2, 0.25) is 0 Å². The molecule has 3 heteroatoms. The SMILES string of the molecule is CC(C)CCC[C@H](C)[C@@H]1CC[C@@H]2[C@@H]3C[C@H](Br)[C@@]4(Br)C[C@H](O)CC[C@]4(C)[C@@H]3CC[C@]21C. The van der Waals surface area contributed by atoms with Crippen molar-refractivity contribution in [3.63, 3.8) is 0 Å². The number of rotatable bonds is 5. The molecular weight excluding hydrogens is 500 g/mol. The van der Waals surface area contributed by atoms with E-state index < -0.39 is 0 Å². The van der Waals surface area contributed by atoms with Crippen LogP contribution >= 0.6 is 31.9 Å². The van der Waals surface area contributed by atoms with Crippen LogP contribution in [0.5, 0.6) is 0 Å².